The van der Waals surface area contributed by atoms with Crippen LogP contribution in [0, 0.1) is 6.92 Å². The first kappa shape index (κ1) is 18.7. The van der Waals surface area contributed by atoms with Gasteiger partial charge in [-0.1, -0.05) is 0 Å². The van der Waals surface area contributed by atoms with Crippen LogP contribution in [0.15, 0.2) is 24.3 Å². The van der Waals surface area contributed by atoms with E-state index in [1.807, 2.05) is 0 Å². The molecule has 2 heteroatoms. The number of rotatable bonds is 12. The van der Waals surface area contributed by atoms with Gasteiger partial charge in [0.2, 0.25) is 0 Å². The zero-order valence-corrected chi connectivity index (χ0v) is 15.5. The normalized spacial score (nSPS) is 12.5. The molecule has 1 unspecified atom stereocenters. The summed E-state index contributed by atoms with van der Waals surface area (Å²) < 4.78 is 1.41. The van der Waals surface area contributed by atoms with E-state index in [-0.39, 0.29) is 6.10 Å². The zero-order chi connectivity index (χ0) is 15.3. The van der Waals surface area contributed by atoms with E-state index in [2.05, 4.69) is 38.1 Å². The quantitative estimate of drug-likeness (QED) is 0.428. The minimum absolute atomic E-state index is 0.0913. The van der Waals surface area contributed by atoms with Crippen LogP contribution in [0.3, 0.4) is 0 Å². The first-order chi connectivity index (χ1) is 10.2. The number of hydrogen-bond donors (Lipinski definition) is 1. The second-order valence-corrected chi connectivity index (χ2v) is 8.34. The topological polar surface area (TPSA) is 20.2 Å². The van der Waals surface area contributed by atoms with Crippen LogP contribution in [0.2, 0.25) is 5.32 Å². The van der Waals surface area contributed by atoms with E-state index in [1.54, 1.807) is 0 Å². The summed E-state index contributed by atoms with van der Waals surface area (Å²) in [5.41, 5.74) is 1.31. The Labute approximate surface area is 137 Å². The van der Waals surface area contributed by atoms with E-state index < -0.39 is 0 Å². The standard InChI is InChI=1S/C19H32OSe/c1-3-4-5-6-7-8-9-10-11-18(20)16-21-19-14-12-17(2)13-15-19/h12-15,18,20H,3-11,16H2,1-2H3. The number of unbranched alkanes of at least 4 members (excludes halogenated alkanes) is 7. The molecule has 0 amide bonds. The predicted molar refractivity (Wildman–Crippen MR) is 94.6 cm³/mol. The number of benzene rings is 1. The summed E-state index contributed by atoms with van der Waals surface area (Å²) in [4.78, 5) is 0. The van der Waals surface area contributed by atoms with Gasteiger partial charge in [0.1, 0.15) is 0 Å². The molecule has 1 N–H and O–H groups in total. The minimum atomic E-state index is -0.0913. The molecule has 21 heavy (non-hydrogen) atoms. The third-order valence-corrected chi connectivity index (χ3v) is 6.28. The van der Waals surface area contributed by atoms with Crippen molar-refractivity contribution in [1.29, 1.82) is 0 Å². The van der Waals surface area contributed by atoms with Gasteiger partial charge in [-0.15, -0.1) is 0 Å². The van der Waals surface area contributed by atoms with Crippen LogP contribution >= 0.6 is 0 Å². The molecule has 1 aromatic carbocycles. The molecule has 120 valence electrons. The van der Waals surface area contributed by atoms with E-state index in [1.165, 1.54) is 61.4 Å². The number of aliphatic hydroxyl groups excluding tert-OH is 1. The number of aryl methyl sites for hydroxylation is 1. The van der Waals surface area contributed by atoms with Crippen LogP contribution in [0.1, 0.15) is 70.3 Å². The molecule has 0 aliphatic carbocycles. The molecule has 1 aromatic rings. The number of aliphatic hydroxyl groups is 1. The maximum atomic E-state index is 10.1. The first-order valence-corrected chi connectivity index (χ1v) is 10.7. The molecule has 1 rings (SSSR count). The van der Waals surface area contributed by atoms with Crippen molar-refractivity contribution >= 4 is 19.4 Å². The maximum absolute atomic E-state index is 10.1. The van der Waals surface area contributed by atoms with Crippen molar-refractivity contribution in [2.45, 2.75) is 83.1 Å². The Morgan fingerprint density at radius 3 is 2.10 bits per heavy atom. The molecule has 0 aliphatic heterocycles. The third kappa shape index (κ3) is 10.1. The fraction of sp³-hybridized carbons (Fsp3) is 0.684. The molecule has 1 nitrogen and oxygen atoms in total. The van der Waals surface area contributed by atoms with Gasteiger partial charge in [0.05, 0.1) is 0 Å². The fourth-order valence-corrected chi connectivity index (χ4v) is 4.27. The summed E-state index contributed by atoms with van der Waals surface area (Å²) in [7, 11) is 0. The van der Waals surface area contributed by atoms with Gasteiger partial charge in [0, 0.05) is 0 Å². The third-order valence-electron chi connectivity index (χ3n) is 3.85. The molecular formula is C19H32OSe. The Balaban J connectivity index is 1.96. The van der Waals surface area contributed by atoms with E-state index in [0.717, 1.165) is 11.7 Å². The molecule has 1 atom stereocenters. The summed E-state index contributed by atoms with van der Waals surface area (Å²) in [6.07, 6.45) is 11.6. The van der Waals surface area contributed by atoms with Crippen molar-refractivity contribution in [3.05, 3.63) is 29.8 Å². The second kappa shape index (κ2) is 12.3. The molecule has 0 bridgehead atoms. The number of hydrogen-bond acceptors (Lipinski definition) is 1. The Bertz CT molecular complexity index is 347. The SMILES string of the molecule is CCCCCCCCCCC(O)C[Se]c1ccc(C)cc1. The molecule has 0 aliphatic rings. The Morgan fingerprint density at radius 2 is 1.48 bits per heavy atom. The molecule has 0 fully saturated rings. The van der Waals surface area contributed by atoms with Crippen molar-refractivity contribution in [3.63, 3.8) is 0 Å². The van der Waals surface area contributed by atoms with Crippen LogP contribution in [0.5, 0.6) is 0 Å². The molecule has 0 heterocycles. The Hall–Kier alpha value is -0.301. The van der Waals surface area contributed by atoms with Crippen LogP contribution in [-0.2, 0) is 0 Å². The second-order valence-electron chi connectivity index (χ2n) is 6.04. The summed E-state index contributed by atoms with van der Waals surface area (Å²) in [6, 6.07) is 8.75. The summed E-state index contributed by atoms with van der Waals surface area (Å²) in [5, 5.41) is 11.0. The van der Waals surface area contributed by atoms with Gasteiger partial charge in [-0.2, -0.15) is 0 Å². The molecule has 0 radical (unpaired) electrons. The van der Waals surface area contributed by atoms with Crippen LogP contribution in [0.25, 0.3) is 0 Å². The van der Waals surface area contributed by atoms with Gasteiger partial charge in [0.15, 0.2) is 0 Å². The van der Waals surface area contributed by atoms with E-state index in [9.17, 15) is 5.11 Å². The van der Waals surface area contributed by atoms with Crippen molar-refractivity contribution in [1.82, 2.24) is 0 Å². The monoisotopic (exact) mass is 356 g/mol. The van der Waals surface area contributed by atoms with Crippen molar-refractivity contribution in [2.24, 2.45) is 0 Å². The van der Waals surface area contributed by atoms with Crippen molar-refractivity contribution in [2.75, 3.05) is 0 Å². The van der Waals surface area contributed by atoms with E-state index >= 15 is 0 Å². The molecular weight excluding hydrogens is 323 g/mol. The molecule has 0 saturated heterocycles. The van der Waals surface area contributed by atoms with Crippen molar-refractivity contribution < 1.29 is 5.11 Å². The average molecular weight is 355 g/mol. The van der Waals surface area contributed by atoms with Gasteiger partial charge in [-0.05, 0) is 0 Å². The molecule has 0 spiro atoms. The molecule has 0 saturated carbocycles. The fourth-order valence-electron chi connectivity index (χ4n) is 2.42. The Kier molecular flexibility index (Phi) is 10.9. The predicted octanol–water partition coefficient (Wildman–Crippen LogP) is 4.63. The van der Waals surface area contributed by atoms with Gasteiger partial charge in [-0.25, -0.2) is 0 Å². The molecule has 0 aromatic heterocycles. The van der Waals surface area contributed by atoms with Gasteiger partial charge in [-0.3, -0.25) is 0 Å². The van der Waals surface area contributed by atoms with Crippen molar-refractivity contribution in [3.8, 4) is 0 Å². The Morgan fingerprint density at radius 1 is 0.905 bits per heavy atom. The first-order valence-electron chi connectivity index (χ1n) is 8.60. The van der Waals surface area contributed by atoms with Gasteiger partial charge < -0.3 is 0 Å². The summed E-state index contributed by atoms with van der Waals surface area (Å²) in [5.74, 6) is 0. The average Bonchev–Trinajstić information content (AvgIpc) is 2.49. The van der Waals surface area contributed by atoms with Crippen LogP contribution in [0.4, 0.5) is 0 Å². The van der Waals surface area contributed by atoms with E-state index in [0.29, 0.717) is 15.0 Å². The van der Waals surface area contributed by atoms with Gasteiger partial charge >= 0.3 is 137 Å². The van der Waals surface area contributed by atoms with Crippen LogP contribution < -0.4 is 4.46 Å². The van der Waals surface area contributed by atoms with Crippen LogP contribution in [-0.4, -0.2) is 26.2 Å². The summed E-state index contributed by atoms with van der Waals surface area (Å²) >= 11 is 0.424. The zero-order valence-electron chi connectivity index (χ0n) is 13.8. The van der Waals surface area contributed by atoms with Gasteiger partial charge in [0.25, 0.3) is 0 Å². The summed E-state index contributed by atoms with van der Waals surface area (Å²) in [6.45, 7) is 4.38. The van der Waals surface area contributed by atoms with E-state index in [4.69, 9.17) is 0 Å².